The quantitative estimate of drug-likeness (QED) is 0.419. The maximum absolute atomic E-state index is 12.6. The van der Waals surface area contributed by atoms with Gasteiger partial charge in [0.2, 0.25) is 0 Å². The number of nitrogens with one attached hydrogen (secondary N) is 1. The Kier molecular flexibility index (Phi) is 7.02. The number of para-hydroxylation sites is 2. The van der Waals surface area contributed by atoms with Crippen LogP contribution < -0.4 is 10.1 Å². The smallest absolute Gasteiger partial charge is 0.484 e. The van der Waals surface area contributed by atoms with Crippen LogP contribution in [0, 0.1) is 20.2 Å². The van der Waals surface area contributed by atoms with Crippen molar-refractivity contribution in [3.05, 3.63) is 62.7 Å². The van der Waals surface area contributed by atoms with Gasteiger partial charge in [0.25, 0.3) is 15.5 Å². The van der Waals surface area contributed by atoms with Crippen molar-refractivity contribution >= 4 is 26.9 Å². The summed E-state index contributed by atoms with van der Waals surface area (Å²) >= 11 is 0. The van der Waals surface area contributed by atoms with Gasteiger partial charge >= 0.3 is 11.2 Å². The number of anilines is 1. The third-order valence-electron chi connectivity index (χ3n) is 3.80. The third-order valence-corrected chi connectivity index (χ3v) is 5.29. The van der Waals surface area contributed by atoms with E-state index in [1.165, 1.54) is 24.3 Å². The molecule has 1 atom stereocenters. The highest BCUT2D eigenvalue weighted by Crippen LogP contribution is 2.35. The Morgan fingerprint density at radius 3 is 2.26 bits per heavy atom. The molecule has 0 spiro atoms. The van der Waals surface area contributed by atoms with Gasteiger partial charge in [0.05, 0.1) is 14.7 Å². The van der Waals surface area contributed by atoms with Crippen LogP contribution in [0.15, 0.2) is 47.4 Å². The number of nitro benzene ring substituents is 2. The zero-order valence-electron chi connectivity index (χ0n) is 15.3. The van der Waals surface area contributed by atoms with Gasteiger partial charge < -0.3 is 15.2 Å². The molecule has 11 nitrogen and oxygen atoms in total. The zero-order chi connectivity index (χ0) is 23.4. The van der Waals surface area contributed by atoms with Gasteiger partial charge in [-0.3, -0.25) is 20.2 Å². The topological polar surface area (TPSA) is 162 Å². The highest BCUT2D eigenvalue weighted by molar-refractivity contribution is 7.92. The average Bonchev–Trinajstić information content (AvgIpc) is 2.69. The van der Waals surface area contributed by atoms with E-state index in [0.29, 0.717) is 12.1 Å². The van der Waals surface area contributed by atoms with Gasteiger partial charge in [-0.05, 0) is 18.2 Å². The first-order chi connectivity index (χ1) is 14.3. The van der Waals surface area contributed by atoms with Gasteiger partial charge in [0.1, 0.15) is 18.4 Å². The van der Waals surface area contributed by atoms with Crippen LogP contribution in [-0.4, -0.2) is 48.1 Å². The fraction of sp³-hybridized carbons (Fsp3) is 0.250. The second kappa shape index (κ2) is 9.13. The van der Waals surface area contributed by atoms with Gasteiger partial charge in [-0.1, -0.05) is 12.1 Å². The Morgan fingerprint density at radius 1 is 1.06 bits per heavy atom. The minimum absolute atomic E-state index is 0.0965. The van der Waals surface area contributed by atoms with E-state index in [1.807, 2.05) is 0 Å². The Morgan fingerprint density at radius 2 is 1.68 bits per heavy atom. The summed E-state index contributed by atoms with van der Waals surface area (Å²) in [6, 6.07) is 6.92. The van der Waals surface area contributed by atoms with Crippen molar-refractivity contribution in [3.8, 4) is 5.75 Å². The first-order valence-corrected chi connectivity index (χ1v) is 9.71. The maximum atomic E-state index is 12.6. The summed E-state index contributed by atoms with van der Waals surface area (Å²) in [5.74, 6) is -0.573. The predicted molar refractivity (Wildman–Crippen MR) is 99.4 cm³/mol. The van der Waals surface area contributed by atoms with E-state index in [9.17, 15) is 46.9 Å². The normalized spacial score (nSPS) is 12.8. The molecule has 0 bridgehead atoms. The van der Waals surface area contributed by atoms with Crippen molar-refractivity contribution in [3.63, 3.8) is 0 Å². The molecular weight excluding hydrogens is 451 g/mol. The zero-order valence-corrected chi connectivity index (χ0v) is 16.1. The second-order valence-corrected chi connectivity index (χ2v) is 7.90. The van der Waals surface area contributed by atoms with E-state index in [-0.39, 0.29) is 24.0 Å². The number of hydrogen-bond donors (Lipinski definition) is 2. The van der Waals surface area contributed by atoms with E-state index >= 15 is 0 Å². The molecule has 0 amide bonds. The van der Waals surface area contributed by atoms with Crippen LogP contribution in [-0.2, 0) is 9.84 Å². The lowest BCUT2D eigenvalue weighted by molar-refractivity contribution is -0.386. The molecule has 2 N–H and O–H groups in total. The summed E-state index contributed by atoms with van der Waals surface area (Å²) in [5.41, 5.74) is -6.86. The molecule has 0 fully saturated rings. The summed E-state index contributed by atoms with van der Waals surface area (Å²) in [5, 5.41) is 34.6. The Balaban J connectivity index is 2.11. The molecule has 0 aromatic heterocycles. The number of aliphatic hydroxyl groups is 1. The third kappa shape index (κ3) is 5.58. The number of hydrogen-bond acceptors (Lipinski definition) is 9. The Hall–Kier alpha value is -3.46. The van der Waals surface area contributed by atoms with Crippen LogP contribution in [0.2, 0.25) is 0 Å². The number of aliphatic hydroxyl groups excluding tert-OH is 1. The number of rotatable bonds is 9. The van der Waals surface area contributed by atoms with Gasteiger partial charge in [-0.15, -0.1) is 0 Å². The van der Waals surface area contributed by atoms with E-state index in [1.54, 1.807) is 0 Å². The van der Waals surface area contributed by atoms with Crippen molar-refractivity contribution in [2.45, 2.75) is 16.5 Å². The minimum atomic E-state index is -5.81. The molecule has 0 heterocycles. The van der Waals surface area contributed by atoms with Crippen molar-refractivity contribution < 1.29 is 41.3 Å². The molecule has 0 aliphatic carbocycles. The Bertz CT molecular complexity index is 1090. The van der Waals surface area contributed by atoms with Crippen LogP contribution in [0.25, 0.3) is 0 Å². The van der Waals surface area contributed by atoms with E-state index < -0.39 is 54.2 Å². The standard InChI is InChI=1S/C16H14F3N3O8S/c17-16(18,19)31(28,29)11-5-6-15(14(7-11)22(26)27)30-9-10(23)8-20-12-3-1-2-4-13(12)21(24)25/h1-7,10,20,23H,8-9H2. The minimum Gasteiger partial charge on any atom is -0.484 e. The predicted octanol–water partition coefficient (Wildman–Crippen LogP) is 2.65. The van der Waals surface area contributed by atoms with Gasteiger partial charge in [-0.25, -0.2) is 8.42 Å². The molecular formula is C16H14F3N3O8S. The molecule has 2 aromatic carbocycles. The molecule has 0 saturated carbocycles. The lowest BCUT2D eigenvalue weighted by atomic mass is 10.2. The highest BCUT2D eigenvalue weighted by atomic mass is 32.2. The molecule has 1 unspecified atom stereocenters. The molecule has 2 aromatic rings. The summed E-state index contributed by atoms with van der Waals surface area (Å²) in [6.45, 7) is -0.848. The van der Waals surface area contributed by atoms with Crippen LogP contribution in [0.5, 0.6) is 5.75 Å². The van der Waals surface area contributed by atoms with Crippen LogP contribution >= 0.6 is 0 Å². The van der Waals surface area contributed by atoms with Crippen molar-refractivity contribution in [1.29, 1.82) is 0 Å². The van der Waals surface area contributed by atoms with E-state index in [4.69, 9.17) is 4.74 Å². The molecule has 0 aliphatic rings. The second-order valence-electron chi connectivity index (χ2n) is 5.96. The summed E-state index contributed by atoms with van der Waals surface area (Å²) in [6.07, 6.45) is -1.34. The average molecular weight is 465 g/mol. The number of benzene rings is 2. The first-order valence-electron chi connectivity index (χ1n) is 8.22. The number of sulfone groups is 1. The molecule has 0 saturated heterocycles. The Labute approximate surface area is 172 Å². The summed E-state index contributed by atoms with van der Waals surface area (Å²) in [4.78, 5) is 18.9. The van der Waals surface area contributed by atoms with Crippen molar-refractivity contribution in [2.24, 2.45) is 0 Å². The number of ether oxygens (including phenoxy) is 1. The molecule has 0 radical (unpaired) electrons. The van der Waals surface area contributed by atoms with Crippen LogP contribution in [0.3, 0.4) is 0 Å². The van der Waals surface area contributed by atoms with Crippen molar-refractivity contribution in [1.82, 2.24) is 0 Å². The van der Waals surface area contributed by atoms with E-state index in [2.05, 4.69) is 5.32 Å². The van der Waals surface area contributed by atoms with E-state index in [0.717, 1.165) is 0 Å². The molecule has 31 heavy (non-hydrogen) atoms. The largest absolute Gasteiger partial charge is 0.501 e. The van der Waals surface area contributed by atoms with Crippen molar-refractivity contribution in [2.75, 3.05) is 18.5 Å². The highest BCUT2D eigenvalue weighted by Gasteiger charge is 2.47. The fourth-order valence-corrected chi connectivity index (χ4v) is 3.10. The number of nitro groups is 2. The number of nitrogens with zero attached hydrogens (tertiary/aromatic N) is 2. The van der Waals surface area contributed by atoms with Gasteiger partial charge in [0.15, 0.2) is 5.75 Å². The molecule has 0 aliphatic heterocycles. The fourth-order valence-electron chi connectivity index (χ4n) is 2.32. The van der Waals surface area contributed by atoms with Crippen LogP contribution in [0.1, 0.15) is 0 Å². The molecule has 2 rings (SSSR count). The van der Waals surface area contributed by atoms with Gasteiger partial charge in [0, 0.05) is 18.7 Å². The maximum Gasteiger partial charge on any atom is 0.501 e. The summed E-state index contributed by atoms with van der Waals surface area (Å²) in [7, 11) is -5.81. The lowest BCUT2D eigenvalue weighted by Crippen LogP contribution is -2.27. The van der Waals surface area contributed by atoms with Gasteiger partial charge in [-0.2, -0.15) is 13.2 Å². The number of alkyl halides is 3. The first kappa shape index (κ1) is 23.8. The number of halogens is 3. The summed E-state index contributed by atoms with van der Waals surface area (Å²) < 4.78 is 65.8. The van der Waals surface area contributed by atoms with Crippen LogP contribution in [0.4, 0.5) is 30.2 Å². The molecule has 15 heteroatoms. The molecule has 168 valence electrons. The SMILES string of the molecule is O=[N+]([O-])c1ccccc1NCC(O)COc1ccc(S(=O)(=O)C(F)(F)F)cc1[N+](=O)[O-]. The lowest BCUT2D eigenvalue weighted by Gasteiger charge is -2.15. The monoisotopic (exact) mass is 465 g/mol.